The molecule has 0 bridgehead atoms. The van der Waals surface area contributed by atoms with Gasteiger partial charge in [0.1, 0.15) is 5.75 Å². The van der Waals surface area contributed by atoms with E-state index in [0.29, 0.717) is 11.4 Å². The summed E-state index contributed by atoms with van der Waals surface area (Å²) in [4.78, 5) is 11.3. The van der Waals surface area contributed by atoms with Crippen LogP contribution in [0.4, 0.5) is 5.69 Å². The zero-order valence-electron chi connectivity index (χ0n) is 10.1. The average molecular weight is 251 g/mol. The molecule has 0 saturated carbocycles. The van der Waals surface area contributed by atoms with Gasteiger partial charge < -0.3 is 26.2 Å². The smallest absolute Gasteiger partial charge is 0.262 e. The van der Waals surface area contributed by atoms with Crippen molar-refractivity contribution in [3.63, 3.8) is 0 Å². The number of hydrogen-bond donors (Lipinski definition) is 4. The number of amides is 1. The highest BCUT2D eigenvalue weighted by Gasteiger charge is 2.21. The second-order valence-corrected chi connectivity index (χ2v) is 4.21. The Kier molecular flexibility index (Phi) is 3.81. The van der Waals surface area contributed by atoms with Crippen LogP contribution >= 0.6 is 0 Å². The van der Waals surface area contributed by atoms with E-state index in [4.69, 9.17) is 15.6 Å². The highest BCUT2D eigenvalue weighted by Crippen LogP contribution is 2.31. The molecule has 1 aromatic rings. The van der Waals surface area contributed by atoms with Crippen LogP contribution in [-0.2, 0) is 4.79 Å². The van der Waals surface area contributed by atoms with Gasteiger partial charge in [-0.3, -0.25) is 4.79 Å². The van der Waals surface area contributed by atoms with Crippen molar-refractivity contribution >= 4 is 11.6 Å². The molecule has 2 rings (SSSR count). The lowest BCUT2D eigenvalue weighted by Gasteiger charge is -2.24. The van der Waals surface area contributed by atoms with Crippen molar-refractivity contribution in [1.82, 2.24) is 5.32 Å². The zero-order valence-corrected chi connectivity index (χ0v) is 10.1. The molecule has 2 atom stereocenters. The molecule has 1 aliphatic rings. The summed E-state index contributed by atoms with van der Waals surface area (Å²) < 4.78 is 5.28. The number of rotatable bonds is 4. The van der Waals surface area contributed by atoms with E-state index in [1.807, 2.05) is 12.1 Å². The lowest BCUT2D eigenvalue weighted by Crippen LogP contribution is -2.39. The summed E-state index contributed by atoms with van der Waals surface area (Å²) >= 11 is 0. The Bertz CT molecular complexity index is 450. The molecule has 1 amide bonds. The van der Waals surface area contributed by atoms with E-state index in [9.17, 15) is 4.79 Å². The number of aliphatic hydroxyl groups is 1. The van der Waals surface area contributed by atoms with Crippen LogP contribution in [0.1, 0.15) is 11.6 Å². The van der Waals surface area contributed by atoms with Crippen molar-refractivity contribution in [1.29, 1.82) is 0 Å². The number of ether oxygens (including phenoxy) is 1. The van der Waals surface area contributed by atoms with Crippen molar-refractivity contribution in [2.45, 2.75) is 12.1 Å². The highest BCUT2D eigenvalue weighted by molar-refractivity contribution is 5.95. The number of hydrogen-bond acceptors (Lipinski definition) is 5. The minimum Gasteiger partial charge on any atom is -0.482 e. The molecule has 1 heterocycles. The molecule has 2 unspecified atom stereocenters. The topological polar surface area (TPSA) is 96.6 Å². The Labute approximate surface area is 105 Å². The first-order valence-electron chi connectivity index (χ1n) is 5.76. The molecule has 0 spiro atoms. The molecule has 0 aliphatic carbocycles. The van der Waals surface area contributed by atoms with Gasteiger partial charge in [-0.1, -0.05) is 6.07 Å². The Morgan fingerprint density at radius 1 is 1.61 bits per heavy atom. The third kappa shape index (κ3) is 2.45. The van der Waals surface area contributed by atoms with E-state index in [1.165, 1.54) is 0 Å². The van der Waals surface area contributed by atoms with Gasteiger partial charge in [0.25, 0.3) is 5.91 Å². The molecule has 1 aromatic carbocycles. The maximum atomic E-state index is 11.3. The number of carbonyl (C=O) groups is 1. The summed E-state index contributed by atoms with van der Waals surface area (Å²) in [5.74, 6) is 0.470. The van der Waals surface area contributed by atoms with Gasteiger partial charge in [0.2, 0.25) is 0 Å². The first kappa shape index (κ1) is 12.8. The molecule has 5 N–H and O–H groups in total. The van der Waals surface area contributed by atoms with Crippen LogP contribution in [-0.4, -0.2) is 37.3 Å². The van der Waals surface area contributed by atoms with Crippen LogP contribution in [0.15, 0.2) is 18.2 Å². The summed E-state index contributed by atoms with van der Waals surface area (Å²) in [7, 11) is 1.77. The molecule has 1 aliphatic heterocycles. The molecule has 6 nitrogen and oxygen atoms in total. The van der Waals surface area contributed by atoms with Gasteiger partial charge in [0.15, 0.2) is 6.61 Å². The third-order valence-corrected chi connectivity index (χ3v) is 2.95. The van der Waals surface area contributed by atoms with Crippen molar-refractivity contribution in [3.05, 3.63) is 23.8 Å². The predicted molar refractivity (Wildman–Crippen MR) is 67.4 cm³/mol. The van der Waals surface area contributed by atoms with Gasteiger partial charge in [0, 0.05) is 12.1 Å². The van der Waals surface area contributed by atoms with Gasteiger partial charge >= 0.3 is 0 Å². The quantitative estimate of drug-likeness (QED) is 0.584. The summed E-state index contributed by atoms with van der Waals surface area (Å²) in [6.07, 6.45) is 0. The van der Waals surface area contributed by atoms with Crippen LogP contribution in [0.25, 0.3) is 0 Å². The molecule has 0 aromatic heterocycles. The summed E-state index contributed by atoms with van der Waals surface area (Å²) in [6.45, 7) is -0.0800. The normalized spacial score (nSPS) is 17.4. The lowest BCUT2D eigenvalue weighted by molar-refractivity contribution is -0.118. The molecule has 0 radical (unpaired) electrons. The summed E-state index contributed by atoms with van der Waals surface area (Å²) in [5, 5.41) is 14.9. The molecule has 0 saturated heterocycles. The fourth-order valence-electron chi connectivity index (χ4n) is 2.03. The highest BCUT2D eigenvalue weighted by atomic mass is 16.5. The number of nitrogens with two attached hydrogens (primary N) is 1. The zero-order chi connectivity index (χ0) is 13.1. The Morgan fingerprint density at radius 3 is 3.06 bits per heavy atom. The van der Waals surface area contributed by atoms with E-state index in [2.05, 4.69) is 10.6 Å². The Balaban J connectivity index is 2.29. The second-order valence-electron chi connectivity index (χ2n) is 4.21. The van der Waals surface area contributed by atoms with E-state index >= 15 is 0 Å². The van der Waals surface area contributed by atoms with Crippen LogP contribution in [0, 0.1) is 0 Å². The summed E-state index contributed by atoms with van der Waals surface area (Å²) in [5.41, 5.74) is 7.36. The number of carbonyl (C=O) groups excluding carboxylic acids is 1. The first-order valence-corrected chi connectivity index (χ1v) is 5.76. The van der Waals surface area contributed by atoms with Gasteiger partial charge in [-0.05, 0) is 24.7 Å². The SMILES string of the molecule is CNC(c1ccc2c(c1)NC(=O)CO2)C(N)CO. The molecule has 98 valence electrons. The monoisotopic (exact) mass is 251 g/mol. The molecule has 6 heteroatoms. The van der Waals surface area contributed by atoms with Crippen LogP contribution < -0.4 is 21.1 Å². The average Bonchev–Trinajstić information content (AvgIpc) is 2.38. The van der Waals surface area contributed by atoms with E-state index in [0.717, 1.165) is 5.56 Å². The number of nitrogens with one attached hydrogen (secondary N) is 2. The number of anilines is 1. The van der Waals surface area contributed by atoms with E-state index in [-0.39, 0.29) is 25.2 Å². The fourth-order valence-corrected chi connectivity index (χ4v) is 2.03. The van der Waals surface area contributed by atoms with Crippen LogP contribution in [0.2, 0.25) is 0 Å². The predicted octanol–water partition coefficient (Wildman–Crippen LogP) is -0.402. The molecular formula is C12H17N3O3. The minimum absolute atomic E-state index is 0.0396. The van der Waals surface area contributed by atoms with Crippen molar-refractivity contribution in [2.24, 2.45) is 5.73 Å². The van der Waals surface area contributed by atoms with Gasteiger partial charge in [0.05, 0.1) is 12.3 Å². The Hall–Kier alpha value is -1.63. The molecular weight excluding hydrogens is 234 g/mol. The summed E-state index contributed by atoms with van der Waals surface area (Å²) in [6, 6.07) is 4.88. The number of likely N-dealkylation sites (N-methyl/N-ethyl adjacent to an activating group) is 1. The van der Waals surface area contributed by atoms with Crippen LogP contribution in [0.5, 0.6) is 5.75 Å². The second kappa shape index (κ2) is 5.34. The van der Waals surface area contributed by atoms with Crippen LogP contribution in [0.3, 0.4) is 0 Å². The fraction of sp³-hybridized carbons (Fsp3) is 0.417. The number of benzene rings is 1. The van der Waals surface area contributed by atoms with Gasteiger partial charge in [-0.25, -0.2) is 0 Å². The maximum Gasteiger partial charge on any atom is 0.262 e. The van der Waals surface area contributed by atoms with Crippen molar-refractivity contribution in [2.75, 3.05) is 25.6 Å². The van der Waals surface area contributed by atoms with Gasteiger partial charge in [-0.15, -0.1) is 0 Å². The number of aliphatic hydroxyl groups excluding tert-OH is 1. The molecule has 18 heavy (non-hydrogen) atoms. The maximum absolute atomic E-state index is 11.3. The Morgan fingerprint density at radius 2 is 2.39 bits per heavy atom. The van der Waals surface area contributed by atoms with Gasteiger partial charge in [-0.2, -0.15) is 0 Å². The van der Waals surface area contributed by atoms with E-state index < -0.39 is 6.04 Å². The van der Waals surface area contributed by atoms with Crippen molar-refractivity contribution < 1.29 is 14.6 Å². The first-order chi connectivity index (χ1) is 8.65. The lowest BCUT2D eigenvalue weighted by atomic mass is 9.99. The largest absolute Gasteiger partial charge is 0.482 e. The molecule has 0 fully saturated rings. The minimum atomic E-state index is -0.409. The standard InChI is InChI=1S/C12H17N3O3/c1-14-12(8(13)5-16)7-2-3-10-9(4-7)15-11(17)6-18-10/h2-4,8,12,14,16H,5-6,13H2,1H3,(H,15,17). The number of fused-ring (bicyclic) bond motifs is 1. The van der Waals surface area contributed by atoms with Crippen molar-refractivity contribution in [3.8, 4) is 5.75 Å². The third-order valence-electron chi connectivity index (χ3n) is 2.95. The van der Waals surface area contributed by atoms with E-state index in [1.54, 1.807) is 13.1 Å².